The molecule has 0 bridgehead atoms. The number of rotatable bonds is 6. The van der Waals surface area contributed by atoms with Crippen LogP contribution in [-0.2, 0) is 6.42 Å². The largest absolute Gasteiger partial charge is 0.311 e. The maximum Gasteiger partial charge on any atom is 0.0537 e. The summed E-state index contributed by atoms with van der Waals surface area (Å²) in [5, 5.41) is 1.37. The summed E-state index contributed by atoms with van der Waals surface area (Å²) in [4.78, 5) is 2.34. The van der Waals surface area contributed by atoms with Crippen molar-refractivity contribution in [3.63, 3.8) is 0 Å². The summed E-state index contributed by atoms with van der Waals surface area (Å²) in [6.45, 7) is 2.29. The van der Waals surface area contributed by atoms with Gasteiger partial charge in [-0.3, -0.25) is 0 Å². The standard InChI is InChI=1S/C43H36N2/c1-31-11-5-6-14-39(31)34-23-29-37(30-24-34)44(35-12-3-2-4-13-35)36-25-19-32(20-26-36)33-21-27-38(28-22-33)45-42-17-9-7-15-40(42)41-16-8-10-18-43(41)45/h2-7,9-15,17-31,39H,8,16H2,1H3. The summed E-state index contributed by atoms with van der Waals surface area (Å²) < 4.78 is 2.41. The molecule has 2 aliphatic rings. The first-order valence-corrected chi connectivity index (χ1v) is 16.0. The van der Waals surface area contributed by atoms with E-state index in [1.807, 2.05) is 0 Å². The molecular formula is C43H36N2. The fourth-order valence-corrected chi connectivity index (χ4v) is 7.07. The maximum atomic E-state index is 2.41. The second-order valence-electron chi connectivity index (χ2n) is 12.2. The number of fused-ring (bicyclic) bond motifs is 3. The van der Waals surface area contributed by atoms with Crippen LogP contribution in [0.3, 0.4) is 0 Å². The van der Waals surface area contributed by atoms with Gasteiger partial charge in [-0.05, 0) is 102 Å². The molecule has 8 rings (SSSR count). The number of nitrogens with zero attached hydrogens (tertiary/aromatic N) is 2. The first-order chi connectivity index (χ1) is 22.2. The van der Waals surface area contributed by atoms with E-state index in [0.29, 0.717) is 11.8 Å². The van der Waals surface area contributed by atoms with Gasteiger partial charge in [0.15, 0.2) is 0 Å². The highest BCUT2D eigenvalue weighted by Crippen LogP contribution is 2.38. The van der Waals surface area contributed by atoms with Gasteiger partial charge in [-0.2, -0.15) is 0 Å². The lowest BCUT2D eigenvalue weighted by Crippen LogP contribution is -2.11. The Hall–Kier alpha value is -5.34. The molecule has 1 aromatic heterocycles. The molecule has 45 heavy (non-hydrogen) atoms. The third-order valence-corrected chi connectivity index (χ3v) is 9.40. The van der Waals surface area contributed by atoms with Gasteiger partial charge >= 0.3 is 0 Å². The first-order valence-electron chi connectivity index (χ1n) is 16.0. The summed E-state index contributed by atoms with van der Waals surface area (Å²) in [6.07, 6.45) is 15.7. The van der Waals surface area contributed by atoms with Crippen LogP contribution in [0.1, 0.15) is 36.1 Å². The molecule has 218 valence electrons. The van der Waals surface area contributed by atoms with Crippen LogP contribution in [0.4, 0.5) is 17.1 Å². The van der Waals surface area contributed by atoms with Crippen LogP contribution < -0.4 is 4.90 Å². The predicted molar refractivity (Wildman–Crippen MR) is 191 cm³/mol. The Balaban J connectivity index is 1.10. The van der Waals surface area contributed by atoms with E-state index in [-0.39, 0.29) is 0 Å². The van der Waals surface area contributed by atoms with Crippen molar-refractivity contribution in [1.82, 2.24) is 4.57 Å². The second-order valence-corrected chi connectivity index (χ2v) is 12.2. The molecule has 0 saturated heterocycles. The zero-order chi connectivity index (χ0) is 30.2. The fourth-order valence-electron chi connectivity index (χ4n) is 7.07. The summed E-state index contributed by atoms with van der Waals surface area (Å²) >= 11 is 0. The summed E-state index contributed by atoms with van der Waals surface area (Å²) in [5.74, 6) is 0.913. The lowest BCUT2D eigenvalue weighted by molar-refractivity contribution is 0.635. The van der Waals surface area contributed by atoms with Crippen molar-refractivity contribution in [3.8, 4) is 16.8 Å². The highest BCUT2D eigenvalue weighted by molar-refractivity contribution is 5.91. The molecule has 2 aliphatic carbocycles. The highest BCUT2D eigenvalue weighted by Gasteiger charge is 2.19. The van der Waals surface area contributed by atoms with Gasteiger partial charge in [-0.1, -0.05) is 110 Å². The molecule has 2 nitrogen and oxygen atoms in total. The van der Waals surface area contributed by atoms with E-state index in [0.717, 1.165) is 29.9 Å². The number of benzene rings is 5. The molecule has 2 atom stereocenters. The zero-order valence-electron chi connectivity index (χ0n) is 25.6. The molecule has 0 radical (unpaired) electrons. The third-order valence-electron chi connectivity index (χ3n) is 9.40. The van der Waals surface area contributed by atoms with Crippen LogP contribution in [-0.4, -0.2) is 4.57 Å². The van der Waals surface area contributed by atoms with Crippen LogP contribution in [0.25, 0.3) is 33.8 Å². The second kappa shape index (κ2) is 11.6. The predicted octanol–water partition coefficient (Wildman–Crippen LogP) is 11.6. The van der Waals surface area contributed by atoms with Crippen molar-refractivity contribution >= 4 is 34.0 Å². The highest BCUT2D eigenvalue weighted by atomic mass is 15.1. The van der Waals surface area contributed by atoms with E-state index in [1.165, 1.54) is 44.5 Å². The monoisotopic (exact) mass is 580 g/mol. The lowest BCUT2D eigenvalue weighted by atomic mass is 9.84. The number of hydrogen-bond acceptors (Lipinski definition) is 1. The minimum atomic E-state index is 0.415. The maximum absolute atomic E-state index is 2.41. The van der Waals surface area contributed by atoms with Gasteiger partial charge in [0.1, 0.15) is 0 Å². The van der Waals surface area contributed by atoms with Crippen LogP contribution in [0.2, 0.25) is 0 Å². The van der Waals surface area contributed by atoms with Gasteiger partial charge in [0.25, 0.3) is 0 Å². The quantitative estimate of drug-likeness (QED) is 0.190. The lowest BCUT2D eigenvalue weighted by Gasteiger charge is -2.27. The van der Waals surface area contributed by atoms with Gasteiger partial charge in [-0.15, -0.1) is 0 Å². The van der Waals surface area contributed by atoms with Crippen molar-refractivity contribution in [3.05, 3.63) is 175 Å². The minimum absolute atomic E-state index is 0.415. The van der Waals surface area contributed by atoms with Crippen LogP contribution in [0.5, 0.6) is 0 Å². The molecule has 0 fully saturated rings. The molecule has 5 aromatic carbocycles. The molecule has 1 heterocycles. The van der Waals surface area contributed by atoms with Crippen LogP contribution in [0, 0.1) is 5.92 Å². The normalized spacial score (nSPS) is 17.0. The molecule has 0 saturated carbocycles. The van der Waals surface area contributed by atoms with Gasteiger partial charge in [0.05, 0.1) is 5.52 Å². The SMILES string of the molecule is CC1C=CC=CC1c1ccc(N(c2ccccc2)c2ccc(-c3ccc(-n4c5c(c6ccccc64)CCC=C5)cc3)cc2)cc1. The average molecular weight is 581 g/mol. The molecule has 2 heteroatoms. The molecule has 6 aromatic rings. The van der Waals surface area contributed by atoms with E-state index in [9.17, 15) is 0 Å². The van der Waals surface area contributed by atoms with Gasteiger partial charge in [0.2, 0.25) is 0 Å². The Morgan fingerprint density at radius 2 is 1.24 bits per heavy atom. The zero-order valence-corrected chi connectivity index (χ0v) is 25.6. The molecular weight excluding hydrogens is 544 g/mol. The first kappa shape index (κ1) is 27.2. The Kier molecular flexibility index (Phi) is 7.04. The molecule has 0 aliphatic heterocycles. The van der Waals surface area contributed by atoms with E-state index in [1.54, 1.807) is 0 Å². The van der Waals surface area contributed by atoms with Crippen molar-refractivity contribution in [2.24, 2.45) is 5.92 Å². The molecule has 0 amide bonds. The number of aromatic nitrogens is 1. The Bertz CT molecular complexity index is 2040. The number of aryl methyl sites for hydroxylation is 1. The Morgan fingerprint density at radius 3 is 1.98 bits per heavy atom. The third kappa shape index (κ3) is 5.03. The van der Waals surface area contributed by atoms with Gasteiger partial charge in [0, 0.05) is 39.7 Å². The summed E-state index contributed by atoms with van der Waals surface area (Å²) in [7, 11) is 0. The Morgan fingerprint density at radius 1 is 0.622 bits per heavy atom. The van der Waals surface area contributed by atoms with E-state index in [4.69, 9.17) is 0 Å². The number of hydrogen-bond donors (Lipinski definition) is 0. The molecule has 2 unspecified atom stereocenters. The number of allylic oxidation sites excluding steroid dienone is 5. The smallest absolute Gasteiger partial charge is 0.0537 e. The fraction of sp³-hybridized carbons (Fsp3) is 0.116. The van der Waals surface area contributed by atoms with Crippen molar-refractivity contribution in [1.29, 1.82) is 0 Å². The van der Waals surface area contributed by atoms with Crippen molar-refractivity contribution in [2.45, 2.75) is 25.7 Å². The van der Waals surface area contributed by atoms with Crippen LogP contribution >= 0.6 is 0 Å². The number of para-hydroxylation sites is 2. The van der Waals surface area contributed by atoms with Crippen molar-refractivity contribution in [2.75, 3.05) is 4.90 Å². The molecule has 0 N–H and O–H groups in total. The van der Waals surface area contributed by atoms with Crippen LogP contribution in [0.15, 0.2) is 158 Å². The Labute approximate surface area is 265 Å². The number of anilines is 3. The summed E-state index contributed by atoms with van der Waals surface area (Å²) in [5.41, 5.74) is 12.5. The van der Waals surface area contributed by atoms with E-state index in [2.05, 4.69) is 180 Å². The average Bonchev–Trinajstić information content (AvgIpc) is 3.44. The topological polar surface area (TPSA) is 8.17 Å². The van der Waals surface area contributed by atoms with E-state index >= 15 is 0 Å². The van der Waals surface area contributed by atoms with Crippen molar-refractivity contribution < 1.29 is 0 Å². The molecule has 0 spiro atoms. The van der Waals surface area contributed by atoms with Gasteiger partial charge in [-0.25, -0.2) is 0 Å². The minimum Gasteiger partial charge on any atom is -0.311 e. The summed E-state index contributed by atoms with van der Waals surface area (Å²) in [6, 6.07) is 46.5. The van der Waals surface area contributed by atoms with Gasteiger partial charge < -0.3 is 9.47 Å². The van der Waals surface area contributed by atoms with E-state index < -0.39 is 0 Å².